The van der Waals surface area contributed by atoms with Crippen LogP contribution in [0.5, 0.6) is 11.5 Å². The molecule has 0 bridgehead atoms. The Balaban J connectivity index is 1.91. The van der Waals surface area contributed by atoms with Gasteiger partial charge in [-0.05, 0) is 36.8 Å². The van der Waals surface area contributed by atoms with E-state index in [0.29, 0.717) is 18.7 Å². The van der Waals surface area contributed by atoms with E-state index in [1.807, 2.05) is 55.5 Å². The maximum absolute atomic E-state index is 12.2. The van der Waals surface area contributed by atoms with Gasteiger partial charge in [-0.2, -0.15) is 0 Å². The van der Waals surface area contributed by atoms with Crippen molar-refractivity contribution in [1.29, 1.82) is 0 Å². The van der Waals surface area contributed by atoms with Crippen LogP contribution in [0.3, 0.4) is 0 Å². The minimum absolute atomic E-state index is 0.0282. The van der Waals surface area contributed by atoms with Gasteiger partial charge in [0.1, 0.15) is 5.75 Å². The summed E-state index contributed by atoms with van der Waals surface area (Å²) >= 11 is 0. The summed E-state index contributed by atoms with van der Waals surface area (Å²) in [5.74, 6) is 4.11. The zero-order valence-electron chi connectivity index (χ0n) is 12.5. The minimum atomic E-state index is -0.0282. The Morgan fingerprint density at radius 2 is 2.05 bits per heavy atom. The van der Waals surface area contributed by atoms with Crippen molar-refractivity contribution in [2.45, 2.75) is 13.3 Å². The summed E-state index contributed by atoms with van der Waals surface area (Å²) in [6.45, 7) is 2.56. The molecule has 0 aromatic heterocycles. The number of rotatable bonds is 3. The standard InChI is InChI=1S/C19H17NO2/c1-3-15-12-19(21)20(13-15)17-9-4-5-10-18(17)22-16-8-6-7-14(2)11-16/h1,4-11,15H,12-13H2,2H3. The van der Waals surface area contributed by atoms with Crippen LogP contribution in [0.15, 0.2) is 48.5 Å². The molecule has 2 aromatic carbocycles. The topological polar surface area (TPSA) is 29.5 Å². The average molecular weight is 291 g/mol. The quantitative estimate of drug-likeness (QED) is 0.806. The predicted molar refractivity (Wildman–Crippen MR) is 87.0 cm³/mol. The molecule has 1 fully saturated rings. The molecule has 3 rings (SSSR count). The lowest BCUT2D eigenvalue weighted by Gasteiger charge is -2.20. The van der Waals surface area contributed by atoms with Crippen LogP contribution in [0, 0.1) is 25.2 Å². The molecule has 1 aliphatic rings. The highest BCUT2D eigenvalue weighted by atomic mass is 16.5. The van der Waals surface area contributed by atoms with Crippen molar-refractivity contribution in [2.24, 2.45) is 5.92 Å². The highest BCUT2D eigenvalue weighted by Crippen LogP contribution is 2.35. The summed E-state index contributed by atoms with van der Waals surface area (Å²) in [6, 6.07) is 15.4. The number of nitrogens with zero attached hydrogens (tertiary/aromatic N) is 1. The molecule has 2 aromatic rings. The lowest BCUT2D eigenvalue weighted by Crippen LogP contribution is -2.24. The van der Waals surface area contributed by atoms with Gasteiger partial charge in [-0.25, -0.2) is 0 Å². The number of benzene rings is 2. The van der Waals surface area contributed by atoms with Crippen molar-refractivity contribution < 1.29 is 9.53 Å². The number of hydrogen-bond acceptors (Lipinski definition) is 2. The largest absolute Gasteiger partial charge is 0.455 e. The summed E-state index contributed by atoms with van der Waals surface area (Å²) in [6.07, 6.45) is 5.85. The molecule has 22 heavy (non-hydrogen) atoms. The van der Waals surface area contributed by atoms with Crippen LogP contribution in [0.25, 0.3) is 0 Å². The van der Waals surface area contributed by atoms with E-state index in [0.717, 1.165) is 17.0 Å². The van der Waals surface area contributed by atoms with Crippen LogP contribution in [-0.4, -0.2) is 12.5 Å². The second-order valence-electron chi connectivity index (χ2n) is 5.46. The van der Waals surface area contributed by atoms with Crippen LogP contribution >= 0.6 is 0 Å². The average Bonchev–Trinajstić information content (AvgIpc) is 2.89. The summed E-state index contributed by atoms with van der Waals surface area (Å²) in [7, 11) is 0. The number of para-hydroxylation sites is 2. The molecule has 110 valence electrons. The zero-order valence-corrected chi connectivity index (χ0v) is 12.5. The van der Waals surface area contributed by atoms with Gasteiger partial charge in [0.25, 0.3) is 0 Å². The molecule has 1 saturated heterocycles. The minimum Gasteiger partial charge on any atom is -0.455 e. The molecule has 0 aliphatic carbocycles. The van der Waals surface area contributed by atoms with E-state index in [1.165, 1.54) is 0 Å². The molecular weight excluding hydrogens is 274 g/mol. The number of anilines is 1. The summed E-state index contributed by atoms with van der Waals surface area (Å²) in [5.41, 5.74) is 1.89. The molecule has 3 heteroatoms. The lowest BCUT2D eigenvalue weighted by atomic mass is 10.1. The Morgan fingerprint density at radius 1 is 1.23 bits per heavy atom. The molecule has 1 aliphatic heterocycles. The smallest absolute Gasteiger partial charge is 0.228 e. The van der Waals surface area contributed by atoms with Crippen LogP contribution in [0.4, 0.5) is 5.69 Å². The van der Waals surface area contributed by atoms with E-state index >= 15 is 0 Å². The number of terminal acetylenes is 1. The molecule has 1 heterocycles. The Morgan fingerprint density at radius 3 is 2.77 bits per heavy atom. The highest BCUT2D eigenvalue weighted by Gasteiger charge is 2.31. The number of amides is 1. The summed E-state index contributed by atoms with van der Waals surface area (Å²) in [5, 5.41) is 0. The van der Waals surface area contributed by atoms with E-state index in [1.54, 1.807) is 4.90 Å². The SMILES string of the molecule is C#CC1CC(=O)N(c2ccccc2Oc2cccc(C)c2)C1. The number of ether oxygens (including phenoxy) is 1. The first-order chi connectivity index (χ1) is 10.7. The first kappa shape index (κ1) is 14.2. The lowest BCUT2D eigenvalue weighted by molar-refractivity contribution is -0.117. The van der Waals surface area contributed by atoms with E-state index in [9.17, 15) is 4.79 Å². The van der Waals surface area contributed by atoms with Crippen molar-refractivity contribution in [3.05, 3.63) is 54.1 Å². The van der Waals surface area contributed by atoms with E-state index < -0.39 is 0 Å². The number of carbonyl (C=O) groups is 1. The van der Waals surface area contributed by atoms with Crippen LogP contribution in [0.2, 0.25) is 0 Å². The van der Waals surface area contributed by atoms with Crippen molar-refractivity contribution in [3.8, 4) is 23.8 Å². The number of carbonyl (C=O) groups excluding carboxylic acids is 1. The van der Waals surface area contributed by atoms with Gasteiger partial charge in [-0.3, -0.25) is 4.79 Å². The first-order valence-corrected chi connectivity index (χ1v) is 7.27. The van der Waals surface area contributed by atoms with Gasteiger partial charge < -0.3 is 9.64 Å². The third kappa shape index (κ3) is 2.82. The van der Waals surface area contributed by atoms with Gasteiger partial charge in [0.05, 0.1) is 5.69 Å². The number of aryl methyl sites for hydroxylation is 1. The maximum Gasteiger partial charge on any atom is 0.228 e. The van der Waals surface area contributed by atoms with Gasteiger partial charge >= 0.3 is 0 Å². The van der Waals surface area contributed by atoms with Gasteiger partial charge in [-0.15, -0.1) is 12.3 Å². The molecular formula is C19H17NO2. The van der Waals surface area contributed by atoms with Gasteiger partial charge in [0, 0.05) is 18.9 Å². The third-order valence-electron chi connectivity index (χ3n) is 3.73. The Hall–Kier alpha value is -2.73. The fraction of sp³-hybridized carbons (Fsp3) is 0.211. The Kier molecular flexibility index (Phi) is 3.84. The molecule has 1 unspecified atom stereocenters. The highest BCUT2D eigenvalue weighted by molar-refractivity contribution is 5.97. The molecule has 0 spiro atoms. The molecule has 0 radical (unpaired) electrons. The Labute approximate surface area is 130 Å². The zero-order chi connectivity index (χ0) is 15.5. The predicted octanol–water partition coefficient (Wildman–Crippen LogP) is 3.77. The third-order valence-corrected chi connectivity index (χ3v) is 3.73. The van der Waals surface area contributed by atoms with Crippen LogP contribution in [-0.2, 0) is 4.79 Å². The molecule has 0 saturated carbocycles. The fourth-order valence-corrected chi connectivity index (χ4v) is 2.62. The monoisotopic (exact) mass is 291 g/mol. The first-order valence-electron chi connectivity index (χ1n) is 7.27. The summed E-state index contributed by atoms with van der Waals surface area (Å²) in [4.78, 5) is 13.9. The second-order valence-corrected chi connectivity index (χ2v) is 5.46. The van der Waals surface area contributed by atoms with Crippen molar-refractivity contribution >= 4 is 11.6 Å². The van der Waals surface area contributed by atoms with Crippen LogP contribution in [0.1, 0.15) is 12.0 Å². The van der Waals surface area contributed by atoms with Crippen molar-refractivity contribution in [1.82, 2.24) is 0 Å². The Bertz CT molecular complexity index is 745. The van der Waals surface area contributed by atoms with Gasteiger partial charge in [0.2, 0.25) is 5.91 Å². The second kappa shape index (κ2) is 5.95. The molecule has 3 nitrogen and oxygen atoms in total. The van der Waals surface area contributed by atoms with Crippen molar-refractivity contribution in [2.75, 3.05) is 11.4 Å². The maximum atomic E-state index is 12.2. The van der Waals surface area contributed by atoms with Crippen molar-refractivity contribution in [3.63, 3.8) is 0 Å². The van der Waals surface area contributed by atoms with Gasteiger partial charge in [-0.1, -0.05) is 24.3 Å². The van der Waals surface area contributed by atoms with E-state index in [4.69, 9.17) is 11.2 Å². The molecule has 1 amide bonds. The number of hydrogen-bond donors (Lipinski definition) is 0. The molecule has 1 atom stereocenters. The van der Waals surface area contributed by atoms with Crippen LogP contribution < -0.4 is 9.64 Å². The molecule has 0 N–H and O–H groups in total. The van der Waals surface area contributed by atoms with E-state index in [2.05, 4.69) is 5.92 Å². The van der Waals surface area contributed by atoms with E-state index in [-0.39, 0.29) is 11.8 Å². The fourth-order valence-electron chi connectivity index (χ4n) is 2.62. The normalized spacial score (nSPS) is 17.4. The van der Waals surface area contributed by atoms with Gasteiger partial charge in [0.15, 0.2) is 5.75 Å². The summed E-state index contributed by atoms with van der Waals surface area (Å²) < 4.78 is 5.97.